The Morgan fingerprint density at radius 3 is 2.77 bits per heavy atom. The molecule has 1 fully saturated rings. The molecule has 0 unspecified atom stereocenters. The van der Waals surface area contributed by atoms with Crippen LogP contribution in [-0.4, -0.2) is 29.0 Å². The van der Waals surface area contributed by atoms with Crippen LogP contribution in [0.3, 0.4) is 0 Å². The number of aryl methyl sites for hydroxylation is 3. The molecule has 0 bridgehead atoms. The number of hydrogen-bond acceptors (Lipinski definition) is 6. The van der Waals surface area contributed by atoms with Gasteiger partial charge in [-0.1, -0.05) is 0 Å². The molecule has 0 amide bonds. The molecule has 1 aliphatic heterocycles. The lowest BCUT2D eigenvalue weighted by Gasteiger charge is -2.33. The number of fused-ring (bicyclic) bond motifs is 3. The summed E-state index contributed by atoms with van der Waals surface area (Å²) in [6, 6.07) is 0. The number of hydrogen-bond donors (Lipinski definition) is 0. The van der Waals surface area contributed by atoms with E-state index in [1.54, 1.807) is 11.3 Å². The van der Waals surface area contributed by atoms with Crippen LogP contribution in [0.4, 0.5) is 5.82 Å². The molecular formula is C16H18N3O2S-. The molecule has 1 aliphatic carbocycles. The fourth-order valence-corrected chi connectivity index (χ4v) is 4.94. The number of thiophene rings is 1. The molecule has 4 rings (SSSR count). The zero-order valence-corrected chi connectivity index (χ0v) is 13.4. The van der Waals surface area contributed by atoms with Crippen molar-refractivity contribution in [1.82, 2.24) is 9.97 Å². The Morgan fingerprint density at radius 2 is 2.05 bits per heavy atom. The Labute approximate surface area is 133 Å². The van der Waals surface area contributed by atoms with E-state index in [9.17, 15) is 9.90 Å². The molecule has 5 nitrogen and oxygen atoms in total. The molecule has 3 heterocycles. The third kappa shape index (κ3) is 2.17. The maximum atomic E-state index is 11.0. The van der Waals surface area contributed by atoms with Gasteiger partial charge in [-0.3, -0.25) is 0 Å². The quantitative estimate of drug-likeness (QED) is 0.839. The Hall–Kier alpha value is -1.69. The molecule has 0 radical (unpaired) electrons. The van der Waals surface area contributed by atoms with Crippen molar-refractivity contribution in [2.45, 2.75) is 39.0 Å². The fourth-order valence-electron chi connectivity index (χ4n) is 3.64. The second-order valence-corrected chi connectivity index (χ2v) is 7.30. The van der Waals surface area contributed by atoms with Gasteiger partial charge in [0.1, 0.15) is 16.5 Å². The van der Waals surface area contributed by atoms with Crippen LogP contribution in [0.5, 0.6) is 0 Å². The van der Waals surface area contributed by atoms with Gasteiger partial charge in [-0.2, -0.15) is 0 Å². The van der Waals surface area contributed by atoms with Crippen LogP contribution in [0.2, 0.25) is 0 Å². The molecule has 0 atom stereocenters. The highest BCUT2D eigenvalue weighted by Gasteiger charge is 2.27. The maximum Gasteiger partial charge on any atom is 0.141 e. The Morgan fingerprint density at radius 1 is 1.27 bits per heavy atom. The van der Waals surface area contributed by atoms with Crippen molar-refractivity contribution in [1.29, 1.82) is 0 Å². The van der Waals surface area contributed by atoms with Crippen molar-refractivity contribution < 1.29 is 9.90 Å². The minimum absolute atomic E-state index is 0.317. The summed E-state index contributed by atoms with van der Waals surface area (Å²) >= 11 is 1.80. The summed E-state index contributed by atoms with van der Waals surface area (Å²) in [5, 5.41) is 12.2. The highest BCUT2D eigenvalue weighted by atomic mass is 32.1. The van der Waals surface area contributed by atoms with Gasteiger partial charge in [0.15, 0.2) is 0 Å². The van der Waals surface area contributed by atoms with Crippen LogP contribution in [0.25, 0.3) is 10.2 Å². The number of aromatic nitrogens is 2. The highest BCUT2D eigenvalue weighted by molar-refractivity contribution is 7.19. The standard InChI is InChI=1S/C16H19N3O2S/c1-9-17-14(19-7-5-10(6-8-19)16(20)21)13-11-3-2-4-12(11)22-15(13)18-9/h10H,2-8H2,1H3,(H,20,21)/p-1. The minimum Gasteiger partial charge on any atom is -0.550 e. The number of carboxylic acid groups (broad SMARTS) is 1. The normalized spacial score (nSPS) is 18.9. The lowest BCUT2D eigenvalue weighted by Crippen LogP contribution is -2.41. The summed E-state index contributed by atoms with van der Waals surface area (Å²) in [6.07, 6.45) is 4.77. The molecule has 1 saturated heterocycles. The number of rotatable bonds is 2. The summed E-state index contributed by atoms with van der Waals surface area (Å²) in [5.74, 6) is 0.575. The first kappa shape index (κ1) is 13.9. The summed E-state index contributed by atoms with van der Waals surface area (Å²) in [7, 11) is 0. The van der Waals surface area contributed by atoms with Gasteiger partial charge in [-0.25, -0.2) is 9.97 Å². The predicted molar refractivity (Wildman–Crippen MR) is 84.1 cm³/mol. The second-order valence-electron chi connectivity index (χ2n) is 6.21. The minimum atomic E-state index is -0.917. The van der Waals surface area contributed by atoms with Crippen molar-refractivity contribution in [3.05, 3.63) is 16.3 Å². The fraction of sp³-hybridized carbons (Fsp3) is 0.562. The molecule has 0 spiro atoms. The van der Waals surface area contributed by atoms with Gasteiger partial charge in [-0.05, 0) is 44.6 Å². The third-order valence-corrected chi connectivity index (χ3v) is 5.97. The van der Waals surface area contributed by atoms with E-state index in [0.717, 1.165) is 42.4 Å². The number of piperidine rings is 1. The number of anilines is 1. The number of carbonyl (C=O) groups excluding carboxylic acids is 1. The molecule has 2 aliphatic rings. The monoisotopic (exact) mass is 316 g/mol. The molecule has 22 heavy (non-hydrogen) atoms. The van der Waals surface area contributed by atoms with Crippen molar-refractivity contribution in [2.75, 3.05) is 18.0 Å². The Kier molecular flexibility index (Phi) is 3.29. The molecule has 6 heteroatoms. The van der Waals surface area contributed by atoms with Crippen LogP contribution >= 0.6 is 11.3 Å². The zero-order valence-electron chi connectivity index (χ0n) is 12.6. The third-order valence-electron chi connectivity index (χ3n) is 4.79. The number of carboxylic acids is 1. The van der Waals surface area contributed by atoms with E-state index in [1.165, 1.54) is 22.2 Å². The van der Waals surface area contributed by atoms with Gasteiger partial charge in [0.2, 0.25) is 0 Å². The lowest BCUT2D eigenvalue weighted by atomic mass is 9.97. The van der Waals surface area contributed by atoms with Gasteiger partial charge >= 0.3 is 0 Å². The average Bonchev–Trinajstić information content (AvgIpc) is 3.06. The Bertz CT molecular complexity index is 747. The van der Waals surface area contributed by atoms with Crippen molar-refractivity contribution in [2.24, 2.45) is 5.92 Å². The predicted octanol–water partition coefficient (Wildman–Crippen LogP) is 1.45. The van der Waals surface area contributed by atoms with E-state index in [4.69, 9.17) is 4.98 Å². The van der Waals surface area contributed by atoms with Gasteiger partial charge < -0.3 is 14.8 Å². The number of carbonyl (C=O) groups is 1. The van der Waals surface area contributed by atoms with Crippen molar-refractivity contribution >= 4 is 33.3 Å². The molecule has 116 valence electrons. The highest BCUT2D eigenvalue weighted by Crippen LogP contribution is 2.41. The smallest absolute Gasteiger partial charge is 0.141 e. The molecule has 2 aromatic rings. The first-order valence-electron chi connectivity index (χ1n) is 7.88. The largest absolute Gasteiger partial charge is 0.550 e. The van der Waals surface area contributed by atoms with Crippen molar-refractivity contribution in [3.63, 3.8) is 0 Å². The Balaban J connectivity index is 1.74. The molecule has 0 N–H and O–H groups in total. The van der Waals surface area contributed by atoms with E-state index in [-0.39, 0.29) is 5.92 Å². The second kappa shape index (κ2) is 5.19. The summed E-state index contributed by atoms with van der Waals surface area (Å²) in [4.78, 5) is 25.1. The zero-order chi connectivity index (χ0) is 15.3. The number of nitrogens with zero attached hydrogens (tertiary/aromatic N) is 3. The molecule has 0 aromatic carbocycles. The SMILES string of the molecule is Cc1nc(N2CCC(C(=O)[O-])CC2)c2c3c(sc2n1)CCC3. The van der Waals surface area contributed by atoms with Gasteiger partial charge in [-0.15, -0.1) is 11.3 Å². The van der Waals surface area contributed by atoms with E-state index < -0.39 is 5.97 Å². The van der Waals surface area contributed by atoms with Gasteiger partial charge in [0, 0.05) is 29.9 Å². The lowest BCUT2D eigenvalue weighted by molar-refractivity contribution is -0.312. The van der Waals surface area contributed by atoms with Crippen LogP contribution in [0.15, 0.2) is 0 Å². The maximum absolute atomic E-state index is 11.0. The van der Waals surface area contributed by atoms with E-state index in [1.807, 2.05) is 6.92 Å². The molecule has 0 saturated carbocycles. The van der Waals surface area contributed by atoms with Gasteiger partial charge in [0.05, 0.1) is 5.39 Å². The first-order valence-corrected chi connectivity index (χ1v) is 8.70. The topological polar surface area (TPSA) is 69.2 Å². The molecule has 2 aromatic heterocycles. The summed E-state index contributed by atoms with van der Waals surface area (Å²) in [6.45, 7) is 3.39. The van der Waals surface area contributed by atoms with Crippen LogP contribution < -0.4 is 10.0 Å². The average molecular weight is 316 g/mol. The van der Waals surface area contributed by atoms with E-state index >= 15 is 0 Å². The van der Waals surface area contributed by atoms with E-state index in [2.05, 4.69) is 9.88 Å². The van der Waals surface area contributed by atoms with Crippen LogP contribution in [-0.2, 0) is 17.6 Å². The van der Waals surface area contributed by atoms with E-state index in [0.29, 0.717) is 12.8 Å². The summed E-state index contributed by atoms with van der Waals surface area (Å²) in [5.41, 5.74) is 1.43. The van der Waals surface area contributed by atoms with Crippen LogP contribution in [0.1, 0.15) is 35.5 Å². The summed E-state index contributed by atoms with van der Waals surface area (Å²) < 4.78 is 0. The van der Waals surface area contributed by atoms with Crippen LogP contribution in [0, 0.1) is 12.8 Å². The van der Waals surface area contributed by atoms with Crippen molar-refractivity contribution in [3.8, 4) is 0 Å². The first-order chi connectivity index (χ1) is 10.6. The molecular weight excluding hydrogens is 298 g/mol. The number of aliphatic carboxylic acids is 1. The van der Waals surface area contributed by atoms with Gasteiger partial charge in [0.25, 0.3) is 0 Å².